The number of halogens is 2. The van der Waals surface area contributed by atoms with Crippen molar-refractivity contribution in [3.8, 4) is 0 Å². The number of ether oxygens (including phenoxy) is 4. The first-order chi connectivity index (χ1) is 24.5. The number of nitrogens with zero attached hydrogens (tertiary/aromatic N) is 1. The molecule has 0 amide bonds. The molecular formula is C36H61Cl2MnN5O6. The molecule has 2 heterocycles. The monoisotopic (exact) mass is 784 g/mol. The van der Waals surface area contributed by atoms with Gasteiger partial charge in [-0.1, -0.05) is 25.7 Å². The molecular weight excluding hydrogens is 724 g/mol. The minimum absolute atomic E-state index is 0.00690. The van der Waals surface area contributed by atoms with E-state index in [9.17, 15) is 9.59 Å². The van der Waals surface area contributed by atoms with Gasteiger partial charge in [-0.2, -0.15) is 0 Å². The molecule has 2 saturated carbocycles. The van der Waals surface area contributed by atoms with Gasteiger partial charge in [0.1, 0.15) is 0 Å². The zero-order valence-corrected chi connectivity index (χ0v) is 32.9. The second-order valence-corrected chi connectivity index (χ2v) is 15.3. The number of carbonyl (C=O) groups is 2. The summed E-state index contributed by atoms with van der Waals surface area (Å²) in [6.07, 6.45) is 12.1. The van der Waals surface area contributed by atoms with Crippen LogP contribution >= 0.6 is 20.2 Å². The maximum absolute atomic E-state index is 13.8. The number of hydrogen-bond donors (Lipinski definition) is 4. The third kappa shape index (κ3) is 16.1. The van der Waals surface area contributed by atoms with E-state index in [0.717, 1.165) is 56.6 Å². The summed E-state index contributed by atoms with van der Waals surface area (Å²) < 4.78 is 21.5. The summed E-state index contributed by atoms with van der Waals surface area (Å²) in [5.74, 6) is 0.0199. The summed E-state index contributed by atoms with van der Waals surface area (Å²) in [6.45, 7) is 6.17. The Morgan fingerprint density at radius 3 is 1.54 bits per heavy atom. The molecule has 4 atom stereocenters. The second-order valence-electron chi connectivity index (χ2n) is 13.3. The number of hydrogen-bond acceptors (Lipinski definition) is 11. The first kappa shape index (κ1) is 43.7. The van der Waals surface area contributed by atoms with Crippen LogP contribution in [0.3, 0.4) is 0 Å². The summed E-state index contributed by atoms with van der Waals surface area (Å²) in [5, 5.41) is 15.2. The normalized spacial score (nSPS) is 23.0. The quantitative estimate of drug-likeness (QED) is 0.0957. The van der Waals surface area contributed by atoms with Gasteiger partial charge in [0.15, 0.2) is 11.6 Å². The van der Waals surface area contributed by atoms with Crippen molar-refractivity contribution in [3.05, 3.63) is 28.6 Å². The summed E-state index contributed by atoms with van der Waals surface area (Å²) in [4.78, 5) is 32.7. The van der Waals surface area contributed by atoms with Gasteiger partial charge in [0, 0.05) is 115 Å². The number of ketones is 2. The van der Waals surface area contributed by atoms with Crippen LogP contribution in [0.4, 0.5) is 0 Å². The molecule has 50 heavy (non-hydrogen) atoms. The summed E-state index contributed by atoms with van der Waals surface area (Å²) in [5.41, 5.74) is 2.59. The molecule has 11 nitrogen and oxygen atoms in total. The van der Waals surface area contributed by atoms with Gasteiger partial charge in [0.2, 0.25) is 0 Å². The first-order valence-electron chi connectivity index (χ1n) is 18.5. The standard InChI is InChI=1S/C36H61N5O6.2ClH.Mn/c1-44-18-9-21-46-19-7-14-35(42)27-24-28(36(43)15-8-20-47-23-22-45-2)34-26-40-32-13-6-4-11-30(32)38-17-16-37-29-10-3-5-12-31(29)39-25-33(27)41-34;;;/h24,29-32,37-40H,3-23,25-26H2,1-2H3;2*1H;/q;;;+2/p-2/t29-,30-,31-,32-;;;/m1.../s1. The average Bonchev–Trinajstić information content (AvgIpc) is 3.13. The first-order valence-corrected chi connectivity index (χ1v) is 21.8. The topological polar surface area (TPSA) is 132 Å². The Bertz CT molecular complexity index is 1110. The van der Waals surface area contributed by atoms with Gasteiger partial charge in [-0.3, -0.25) is 14.6 Å². The Morgan fingerprint density at radius 1 is 0.660 bits per heavy atom. The molecule has 0 aromatic carbocycles. The molecule has 0 unspecified atom stereocenters. The number of aromatic nitrogens is 1. The van der Waals surface area contributed by atoms with Crippen LogP contribution < -0.4 is 21.3 Å². The van der Waals surface area contributed by atoms with Crippen molar-refractivity contribution >= 4 is 31.8 Å². The van der Waals surface area contributed by atoms with Crippen LogP contribution in [0.2, 0.25) is 0 Å². The van der Waals surface area contributed by atoms with E-state index in [1.54, 1.807) is 14.2 Å². The van der Waals surface area contributed by atoms with E-state index < -0.39 is 0 Å². The van der Waals surface area contributed by atoms with Gasteiger partial charge in [0.05, 0.1) is 24.6 Å². The zero-order valence-electron chi connectivity index (χ0n) is 30.2. The molecule has 287 valence electrons. The predicted molar refractivity (Wildman–Crippen MR) is 195 cm³/mol. The molecule has 0 saturated heterocycles. The van der Waals surface area contributed by atoms with Crippen molar-refractivity contribution < 1.29 is 41.7 Å². The molecule has 2 bridgehead atoms. The van der Waals surface area contributed by atoms with E-state index >= 15 is 0 Å². The van der Waals surface area contributed by atoms with Crippen molar-refractivity contribution in [2.45, 2.75) is 121 Å². The van der Waals surface area contributed by atoms with Crippen LogP contribution in [0.15, 0.2) is 6.07 Å². The third-order valence-electron chi connectivity index (χ3n) is 9.77. The number of nitrogens with one attached hydrogen (secondary N) is 4. The van der Waals surface area contributed by atoms with Crippen LogP contribution in [0.1, 0.15) is 116 Å². The Kier molecular flexibility index (Phi) is 23.5. The Morgan fingerprint density at radius 2 is 1.08 bits per heavy atom. The van der Waals surface area contributed by atoms with E-state index in [4.69, 9.17) is 44.1 Å². The van der Waals surface area contributed by atoms with E-state index in [2.05, 4.69) is 21.3 Å². The van der Waals surface area contributed by atoms with Crippen LogP contribution in [0.5, 0.6) is 0 Å². The molecule has 4 N–H and O–H groups in total. The number of methoxy groups -OCH3 is 2. The van der Waals surface area contributed by atoms with Crippen molar-refractivity contribution in [2.24, 2.45) is 0 Å². The fraction of sp³-hybridized carbons (Fsp3) is 0.806. The Balaban J connectivity index is 0.00000217. The molecule has 4 rings (SSSR count). The van der Waals surface area contributed by atoms with Gasteiger partial charge >= 0.3 is 33.3 Å². The fourth-order valence-corrected chi connectivity index (χ4v) is 7.15. The van der Waals surface area contributed by atoms with Crippen molar-refractivity contribution in [1.29, 1.82) is 0 Å². The molecule has 3 aliphatic rings. The second kappa shape index (κ2) is 26.9. The van der Waals surface area contributed by atoms with Crippen LogP contribution in [0, 0.1) is 0 Å². The molecule has 1 aliphatic heterocycles. The maximum atomic E-state index is 13.8. The van der Waals surface area contributed by atoms with E-state index in [1.165, 1.54) is 25.7 Å². The van der Waals surface area contributed by atoms with Crippen molar-refractivity contribution in [2.75, 3.05) is 67.0 Å². The number of fused-ring (bicyclic) bond motifs is 4. The van der Waals surface area contributed by atoms with E-state index in [1.807, 2.05) is 6.07 Å². The van der Waals surface area contributed by atoms with Gasteiger partial charge < -0.3 is 40.2 Å². The van der Waals surface area contributed by atoms with Crippen LogP contribution in [-0.4, -0.2) is 108 Å². The Labute approximate surface area is 314 Å². The van der Waals surface area contributed by atoms with Gasteiger partial charge in [-0.15, -0.1) is 0 Å². The van der Waals surface area contributed by atoms with E-state index in [0.29, 0.717) is 114 Å². The van der Waals surface area contributed by atoms with Gasteiger partial charge in [-0.25, -0.2) is 0 Å². The average molecular weight is 786 g/mol. The minimum atomic E-state index is 0.00690. The van der Waals surface area contributed by atoms with Crippen molar-refractivity contribution in [3.63, 3.8) is 0 Å². The molecule has 2 aliphatic carbocycles. The predicted octanol–water partition coefficient (Wildman–Crippen LogP) is 5.09. The van der Waals surface area contributed by atoms with E-state index in [-0.39, 0.29) is 24.7 Å². The fourth-order valence-electron chi connectivity index (χ4n) is 7.15. The van der Waals surface area contributed by atoms with Crippen LogP contribution in [0.25, 0.3) is 0 Å². The number of carbonyl (C=O) groups excluding carboxylic acids is 2. The zero-order chi connectivity index (χ0) is 35.8. The number of Topliss-reactive ketones (excluding diaryl/α,β-unsaturated/α-hetero) is 2. The third-order valence-corrected chi connectivity index (χ3v) is 9.77. The molecule has 1 aromatic heterocycles. The Hall–Kier alpha value is -0.731. The van der Waals surface area contributed by atoms with Crippen LogP contribution in [-0.2, 0) is 45.2 Å². The summed E-state index contributed by atoms with van der Waals surface area (Å²) >= 11 is 0.00694. The van der Waals surface area contributed by atoms with Gasteiger partial charge in [0.25, 0.3) is 0 Å². The summed E-state index contributed by atoms with van der Waals surface area (Å²) in [7, 11) is 12.9. The molecule has 1 aromatic rings. The molecule has 14 heteroatoms. The van der Waals surface area contributed by atoms with Gasteiger partial charge in [-0.05, 0) is 51.0 Å². The van der Waals surface area contributed by atoms with Crippen molar-refractivity contribution in [1.82, 2.24) is 26.3 Å². The molecule has 2 fully saturated rings. The number of pyridine rings is 1. The number of rotatable bonds is 17. The summed E-state index contributed by atoms with van der Waals surface area (Å²) in [6, 6.07) is 3.24. The SMILES string of the molecule is COCCCOCCCC(=O)c1cc(C(=O)CCCOCCOC)c2nc1CN[C@@H]1CCCC[C@H]1NCCN[C@@H]1CCCC[C@H]1NC2.[Cl][Mn][Cl]. The molecule has 0 spiro atoms. The molecule has 0 radical (unpaired) electrons.